The predicted molar refractivity (Wildman–Crippen MR) is 95.5 cm³/mol. The van der Waals surface area contributed by atoms with Crippen molar-refractivity contribution in [3.05, 3.63) is 29.3 Å². The van der Waals surface area contributed by atoms with E-state index >= 15 is 0 Å². The number of hydrogen-bond donors (Lipinski definition) is 1. The maximum absolute atomic E-state index is 12.8. The summed E-state index contributed by atoms with van der Waals surface area (Å²) in [7, 11) is 1.41. The van der Waals surface area contributed by atoms with Crippen molar-refractivity contribution < 1.29 is 23.9 Å². The molecule has 2 heterocycles. The van der Waals surface area contributed by atoms with Crippen LogP contribution in [0.5, 0.6) is 5.75 Å². The van der Waals surface area contributed by atoms with Crippen LogP contribution in [0.1, 0.15) is 33.6 Å². The minimum atomic E-state index is -1.04. The third-order valence-electron chi connectivity index (χ3n) is 4.89. The summed E-state index contributed by atoms with van der Waals surface area (Å²) in [4.78, 5) is 49.2. The molecule has 0 aromatic heterocycles. The molecule has 1 unspecified atom stereocenters. The van der Waals surface area contributed by atoms with Crippen molar-refractivity contribution in [1.82, 2.24) is 10.2 Å². The molecule has 3 amide bonds. The molecule has 2 aliphatic rings. The Kier molecular flexibility index (Phi) is 5.26. The summed E-state index contributed by atoms with van der Waals surface area (Å²) in [6, 6.07) is 3.56. The van der Waals surface area contributed by atoms with E-state index in [1.165, 1.54) is 19.2 Å². The molecule has 0 aliphatic carbocycles. The van der Waals surface area contributed by atoms with Gasteiger partial charge in [-0.25, -0.2) is 5.26 Å². The summed E-state index contributed by atoms with van der Waals surface area (Å²) in [5.41, 5.74) is 0.379. The molecule has 0 spiro atoms. The first-order valence-corrected chi connectivity index (χ1v) is 8.73. The fraction of sp³-hybridized carbons (Fsp3) is 0.389. The molecule has 1 aromatic carbocycles. The molecule has 8 nitrogen and oxygen atoms in total. The van der Waals surface area contributed by atoms with Crippen LogP contribution < -0.4 is 10.1 Å². The molecule has 1 saturated heterocycles. The number of imide groups is 1. The second-order valence-electron chi connectivity index (χ2n) is 6.60. The molecule has 0 saturated carbocycles. The summed E-state index contributed by atoms with van der Waals surface area (Å²) in [6.07, 6.45) is 1.96. The van der Waals surface area contributed by atoms with Crippen LogP contribution in [0.15, 0.2) is 18.2 Å². The van der Waals surface area contributed by atoms with Gasteiger partial charge in [0.1, 0.15) is 18.1 Å². The Morgan fingerprint density at radius 1 is 1.41 bits per heavy atom. The van der Waals surface area contributed by atoms with Gasteiger partial charge in [-0.15, -0.1) is 0 Å². The van der Waals surface area contributed by atoms with Crippen LogP contribution in [0.25, 0.3) is 0 Å². The summed E-state index contributed by atoms with van der Waals surface area (Å²) in [5, 5.41) is 11.2. The summed E-state index contributed by atoms with van der Waals surface area (Å²) < 4.78 is 5.76. The van der Waals surface area contributed by atoms with Crippen LogP contribution in [0.3, 0.4) is 0 Å². The van der Waals surface area contributed by atoms with E-state index in [0.29, 0.717) is 24.7 Å². The van der Waals surface area contributed by atoms with Crippen LogP contribution in [-0.4, -0.2) is 54.8 Å². The molecule has 138 valence electrons. The van der Waals surface area contributed by atoms with Crippen molar-refractivity contribution in [2.45, 2.75) is 37.6 Å². The quantitative estimate of drug-likeness (QED) is 0.431. The third-order valence-corrected chi connectivity index (χ3v) is 4.89. The van der Waals surface area contributed by atoms with Gasteiger partial charge in [0.2, 0.25) is 5.91 Å². The number of carbonyl (C=O) groups excluding carboxylic acids is 4. The van der Waals surface area contributed by atoms with Crippen LogP contribution in [-0.2, 0) is 9.59 Å². The number of ether oxygens (including phenoxy) is 1. The molecular formula is C18H18BN3O5. The second kappa shape index (κ2) is 7.62. The van der Waals surface area contributed by atoms with Gasteiger partial charge in [0.15, 0.2) is 0 Å². The average molecular weight is 367 g/mol. The third kappa shape index (κ3) is 3.43. The smallest absolute Gasteiger partial charge is 0.275 e. The lowest BCUT2D eigenvalue weighted by Gasteiger charge is -2.28. The van der Waals surface area contributed by atoms with E-state index in [9.17, 15) is 19.2 Å². The van der Waals surface area contributed by atoms with E-state index in [2.05, 4.69) is 11.3 Å². The second-order valence-corrected chi connectivity index (χ2v) is 6.60. The van der Waals surface area contributed by atoms with Crippen molar-refractivity contribution in [2.75, 3.05) is 7.05 Å². The lowest BCUT2D eigenvalue weighted by atomic mass is 9.35. The molecule has 0 radical (unpaired) electrons. The fourth-order valence-electron chi connectivity index (χ4n) is 3.32. The number of fused-ring (bicyclic) bond motifs is 1. The van der Waals surface area contributed by atoms with E-state index in [1.807, 2.05) is 0 Å². The minimum absolute atomic E-state index is 0.00531. The molecule has 1 aromatic rings. The zero-order valence-corrected chi connectivity index (χ0v) is 14.8. The van der Waals surface area contributed by atoms with E-state index < -0.39 is 23.8 Å². The zero-order valence-electron chi connectivity index (χ0n) is 14.8. The van der Waals surface area contributed by atoms with Crippen LogP contribution in [0, 0.1) is 11.2 Å². The highest BCUT2D eigenvalue weighted by Crippen LogP contribution is 2.32. The van der Waals surface area contributed by atoms with Gasteiger partial charge in [-0.1, -0.05) is 0 Å². The van der Waals surface area contributed by atoms with Gasteiger partial charge < -0.3 is 14.8 Å². The highest BCUT2D eigenvalue weighted by atomic mass is 16.5. The SMILES string of the molecule is CNC(=O)C(CCC=O)N1C(=O)c2ccc(OC3CB(C#N)C3)cc2C1=O. The number of amides is 3. The van der Waals surface area contributed by atoms with Gasteiger partial charge in [-0.3, -0.25) is 19.3 Å². The fourth-order valence-corrected chi connectivity index (χ4v) is 3.32. The van der Waals surface area contributed by atoms with Crippen LogP contribution >= 0.6 is 0 Å². The predicted octanol–water partition coefficient (Wildman–Crippen LogP) is 0.695. The number of rotatable bonds is 7. The number of aldehydes is 1. The molecule has 3 rings (SSSR count). The molecule has 1 N–H and O–H groups in total. The topological polar surface area (TPSA) is 117 Å². The lowest BCUT2D eigenvalue weighted by Crippen LogP contribution is -2.48. The maximum Gasteiger partial charge on any atom is 0.275 e. The van der Waals surface area contributed by atoms with Crippen LogP contribution in [0.4, 0.5) is 0 Å². The molecular weight excluding hydrogens is 349 g/mol. The van der Waals surface area contributed by atoms with Crippen molar-refractivity contribution >= 4 is 30.7 Å². The van der Waals surface area contributed by atoms with E-state index in [4.69, 9.17) is 10.00 Å². The number of likely N-dealkylation sites (N-methyl/N-ethyl adjacent to an activating group) is 1. The number of hydrogen-bond acceptors (Lipinski definition) is 6. The van der Waals surface area contributed by atoms with Gasteiger partial charge in [0.05, 0.1) is 17.2 Å². The number of nitrogens with zero attached hydrogens (tertiary/aromatic N) is 2. The van der Waals surface area contributed by atoms with Crippen molar-refractivity contribution in [1.29, 1.82) is 5.26 Å². The molecule has 0 bridgehead atoms. The Hall–Kier alpha value is -3.15. The number of nitriles is 1. The van der Waals surface area contributed by atoms with Gasteiger partial charge >= 0.3 is 0 Å². The van der Waals surface area contributed by atoms with E-state index in [-0.39, 0.29) is 36.8 Å². The van der Waals surface area contributed by atoms with E-state index in [1.54, 1.807) is 6.07 Å². The largest absolute Gasteiger partial charge is 0.492 e. The summed E-state index contributed by atoms with van der Waals surface area (Å²) in [5.74, 6) is 0.980. The zero-order chi connectivity index (χ0) is 19.6. The van der Waals surface area contributed by atoms with Crippen molar-refractivity contribution in [2.24, 2.45) is 0 Å². The van der Waals surface area contributed by atoms with Gasteiger partial charge in [-0.05, 0) is 37.3 Å². The highest BCUT2D eigenvalue weighted by molar-refractivity contribution is 6.70. The Labute approximate surface area is 156 Å². The van der Waals surface area contributed by atoms with Gasteiger partial charge in [-0.2, -0.15) is 0 Å². The normalized spacial score (nSPS) is 17.0. The Morgan fingerprint density at radius 3 is 2.74 bits per heavy atom. The molecule has 1 atom stereocenters. The number of nitrogens with one attached hydrogen (secondary N) is 1. The first-order valence-electron chi connectivity index (χ1n) is 8.73. The number of benzene rings is 1. The first-order chi connectivity index (χ1) is 13.0. The van der Waals surface area contributed by atoms with Gasteiger partial charge in [0, 0.05) is 19.4 Å². The Bertz CT molecular complexity index is 844. The molecule has 1 fully saturated rings. The summed E-state index contributed by atoms with van der Waals surface area (Å²) in [6.45, 7) is -0.00531. The lowest BCUT2D eigenvalue weighted by molar-refractivity contribution is -0.124. The van der Waals surface area contributed by atoms with Gasteiger partial charge in [0.25, 0.3) is 18.5 Å². The molecule has 27 heavy (non-hydrogen) atoms. The standard InChI is InChI=1S/C18H18BN3O5/c1-21-16(24)15(3-2-6-23)22-17(25)13-5-4-11(7-14(13)18(22)26)27-12-8-19(9-12)10-20/h4-7,12,15H,2-3,8-9H2,1H3,(H,21,24). The molecule has 9 heteroatoms. The maximum atomic E-state index is 12.8. The first kappa shape index (κ1) is 18.6. The van der Waals surface area contributed by atoms with Crippen molar-refractivity contribution in [3.63, 3.8) is 0 Å². The number of carbonyl (C=O) groups is 4. The van der Waals surface area contributed by atoms with E-state index in [0.717, 1.165) is 4.90 Å². The average Bonchev–Trinajstić information content (AvgIpc) is 2.89. The highest BCUT2D eigenvalue weighted by Gasteiger charge is 2.43. The Morgan fingerprint density at radius 2 is 2.11 bits per heavy atom. The summed E-state index contributed by atoms with van der Waals surface area (Å²) >= 11 is 0. The minimum Gasteiger partial charge on any atom is -0.492 e. The van der Waals surface area contributed by atoms with Crippen molar-refractivity contribution in [3.8, 4) is 11.7 Å². The Balaban J connectivity index is 1.81. The molecule has 2 aliphatic heterocycles. The monoisotopic (exact) mass is 367 g/mol. The van der Waals surface area contributed by atoms with Crippen LogP contribution in [0.2, 0.25) is 12.6 Å².